The second kappa shape index (κ2) is 8.68. The predicted molar refractivity (Wildman–Crippen MR) is 96.7 cm³/mol. The summed E-state index contributed by atoms with van der Waals surface area (Å²) in [5.74, 6) is 1.61. The van der Waals surface area contributed by atoms with Gasteiger partial charge in [-0.05, 0) is 55.8 Å². The van der Waals surface area contributed by atoms with Gasteiger partial charge in [0.2, 0.25) is 5.91 Å². The van der Waals surface area contributed by atoms with Crippen molar-refractivity contribution in [2.75, 3.05) is 26.3 Å². The number of rotatable bonds is 4. The summed E-state index contributed by atoms with van der Waals surface area (Å²) in [6, 6.07) is 0. The highest BCUT2D eigenvalue weighted by Gasteiger charge is 2.39. The van der Waals surface area contributed by atoms with E-state index in [9.17, 15) is 4.79 Å². The average Bonchev–Trinajstić information content (AvgIpc) is 2.52. The summed E-state index contributed by atoms with van der Waals surface area (Å²) < 4.78 is 5.38. The van der Waals surface area contributed by atoms with Crippen molar-refractivity contribution in [1.82, 2.24) is 5.32 Å². The first-order chi connectivity index (χ1) is 10.4. The number of carbonyl (C=O) groups excluding carboxylic acids is 1. The van der Waals surface area contributed by atoms with Gasteiger partial charge in [-0.2, -0.15) is 0 Å². The van der Waals surface area contributed by atoms with Crippen molar-refractivity contribution in [1.29, 1.82) is 0 Å². The molecular weight excluding hydrogens is 312 g/mol. The van der Waals surface area contributed by atoms with Gasteiger partial charge >= 0.3 is 0 Å². The molecule has 0 atom stereocenters. The lowest BCUT2D eigenvalue weighted by atomic mass is 9.70. The number of amides is 1. The summed E-state index contributed by atoms with van der Waals surface area (Å²) in [5, 5.41) is 3.19. The van der Waals surface area contributed by atoms with Crippen LogP contribution < -0.4 is 11.1 Å². The second-order valence-electron chi connectivity index (χ2n) is 8.39. The largest absolute Gasteiger partial charge is 0.381 e. The van der Waals surface area contributed by atoms with Gasteiger partial charge in [0.05, 0.1) is 5.41 Å². The molecule has 1 aliphatic heterocycles. The topological polar surface area (TPSA) is 64.4 Å². The van der Waals surface area contributed by atoms with E-state index in [2.05, 4.69) is 26.1 Å². The second-order valence-corrected chi connectivity index (χ2v) is 8.39. The van der Waals surface area contributed by atoms with Crippen molar-refractivity contribution in [2.24, 2.45) is 28.4 Å². The number of nitrogens with two attached hydrogens (primary N) is 1. The van der Waals surface area contributed by atoms with E-state index in [1.807, 2.05) is 0 Å². The van der Waals surface area contributed by atoms with Crippen molar-refractivity contribution < 1.29 is 9.53 Å². The number of hydrogen-bond donors (Lipinski definition) is 2. The number of carbonyl (C=O) groups is 1. The van der Waals surface area contributed by atoms with E-state index < -0.39 is 0 Å². The molecule has 0 aromatic heterocycles. The minimum Gasteiger partial charge on any atom is -0.381 e. The molecule has 0 bridgehead atoms. The Morgan fingerprint density at radius 3 is 2.22 bits per heavy atom. The molecule has 136 valence electrons. The van der Waals surface area contributed by atoms with Crippen LogP contribution in [0.15, 0.2) is 0 Å². The zero-order valence-electron chi connectivity index (χ0n) is 15.0. The molecule has 0 aromatic carbocycles. The monoisotopic (exact) mass is 346 g/mol. The molecule has 0 spiro atoms. The molecule has 1 amide bonds. The third-order valence-corrected chi connectivity index (χ3v) is 5.95. The maximum atomic E-state index is 12.6. The fourth-order valence-electron chi connectivity index (χ4n) is 3.94. The standard InChI is InChI=1S/C18H34N2O2.ClH/c1-17(2,3)15-6-4-14(5-7-15)12-20-16(21)18(13-19)8-10-22-11-9-18;/h14-15H,4-13,19H2,1-3H3,(H,20,21);1H. The van der Waals surface area contributed by atoms with Gasteiger partial charge in [0.25, 0.3) is 0 Å². The maximum Gasteiger partial charge on any atom is 0.227 e. The molecule has 23 heavy (non-hydrogen) atoms. The average molecular weight is 347 g/mol. The van der Waals surface area contributed by atoms with E-state index in [0.29, 0.717) is 31.1 Å². The molecule has 3 N–H and O–H groups in total. The molecule has 1 saturated heterocycles. The molecule has 2 fully saturated rings. The summed E-state index contributed by atoms with van der Waals surface area (Å²) in [5.41, 5.74) is 5.93. The molecule has 0 radical (unpaired) electrons. The van der Waals surface area contributed by atoms with Crippen LogP contribution in [0, 0.1) is 22.7 Å². The first-order valence-corrected chi connectivity index (χ1v) is 8.93. The molecule has 0 unspecified atom stereocenters. The molecule has 1 aliphatic carbocycles. The van der Waals surface area contributed by atoms with Gasteiger partial charge in [-0.25, -0.2) is 0 Å². The molecule has 0 aromatic rings. The van der Waals surface area contributed by atoms with Crippen molar-refractivity contribution in [3.05, 3.63) is 0 Å². The van der Waals surface area contributed by atoms with Gasteiger partial charge in [0.15, 0.2) is 0 Å². The van der Waals surface area contributed by atoms with Crippen LogP contribution in [0.2, 0.25) is 0 Å². The highest BCUT2D eigenvalue weighted by atomic mass is 35.5. The van der Waals surface area contributed by atoms with Crippen LogP contribution in [0.25, 0.3) is 0 Å². The smallest absolute Gasteiger partial charge is 0.227 e. The van der Waals surface area contributed by atoms with Gasteiger partial charge < -0.3 is 15.8 Å². The molecule has 1 saturated carbocycles. The summed E-state index contributed by atoms with van der Waals surface area (Å²) in [7, 11) is 0. The Morgan fingerprint density at radius 1 is 1.17 bits per heavy atom. The van der Waals surface area contributed by atoms with Gasteiger partial charge in [0.1, 0.15) is 0 Å². The van der Waals surface area contributed by atoms with E-state index in [-0.39, 0.29) is 23.7 Å². The lowest BCUT2D eigenvalue weighted by Gasteiger charge is -2.38. The van der Waals surface area contributed by atoms with Crippen LogP contribution in [0.4, 0.5) is 0 Å². The number of hydrogen-bond acceptors (Lipinski definition) is 3. The third-order valence-electron chi connectivity index (χ3n) is 5.95. The normalized spacial score (nSPS) is 27.8. The van der Waals surface area contributed by atoms with E-state index in [4.69, 9.17) is 10.5 Å². The van der Waals surface area contributed by atoms with Gasteiger partial charge in [-0.1, -0.05) is 20.8 Å². The Hall–Kier alpha value is -0.320. The fourth-order valence-corrected chi connectivity index (χ4v) is 3.94. The van der Waals surface area contributed by atoms with Gasteiger partial charge in [0, 0.05) is 26.3 Å². The zero-order chi connectivity index (χ0) is 16.2. The molecule has 4 nitrogen and oxygen atoms in total. The molecule has 2 rings (SSSR count). The summed E-state index contributed by atoms with van der Waals surface area (Å²) in [6.07, 6.45) is 6.57. The number of halogens is 1. The highest BCUT2D eigenvalue weighted by molar-refractivity contribution is 5.85. The van der Waals surface area contributed by atoms with Crippen LogP contribution >= 0.6 is 12.4 Å². The Bertz CT molecular complexity index is 368. The molecule has 2 aliphatic rings. The Balaban J connectivity index is 0.00000264. The van der Waals surface area contributed by atoms with E-state index in [1.54, 1.807) is 0 Å². The Labute approximate surface area is 147 Å². The number of ether oxygens (including phenoxy) is 1. The van der Waals surface area contributed by atoms with Crippen LogP contribution in [0.5, 0.6) is 0 Å². The van der Waals surface area contributed by atoms with Crippen molar-refractivity contribution in [3.63, 3.8) is 0 Å². The minimum atomic E-state index is -0.388. The van der Waals surface area contributed by atoms with E-state index >= 15 is 0 Å². The SMILES string of the molecule is CC(C)(C)C1CCC(CNC(=O)C2(CN)CCOCC2)CC1.Cl. The van der Waals surface area contributed by atoms with Crippen LogP contribution in [0.3, 0.4) is 0 Å². The number of nitrogens with one attached hydrogen (secondary N) is 1. The van der Waals surface area contributed by atoms with Crippen molar-refractivity contribution in [3.8, 4) is 0 Å². The van der Waals surface area contributed by atoms with Gasteiger partial charge in [-0.15, -0.1) is 12.4 Å². The lowest BCUT2D eigenvalue weighted by molar-refractivity contribution is -0.136. The van der Waals surface area contributed by atoms with E-state index in [1.165, 1.54) is 25.7 Å². The predicted octanol–water partition coefficient (Wildman–Crippen LogP) is 3.13. The molecular formula is C18H35ClN2O2. The first-order valence-electron chi connectivity index (χ1n) is 8.93. The maximum absolute atomic E-state index is 12.6. The zero-order valence-corrected chi connectivity index (χ0v) is 15.8. The third kappa shape index (κ3) is 5.33. The van der Waals surface area contributed by atoms with Crippen molar-refractivity contribution >= 4 is 18.3 Å². The van der Waals surface area contributed by atoms with Gasteiger partial charge in [-0.3, -0.25) is 4.79 Å². The van der Waals surface area contributed by atoms with Crippen LogP contribution in [-0.4, -0.2) is 32.2 Å². The quantitative estimate of drug-likeness (QED) is 0.822. The minimum absolute atomic E-state index is 0. The van der Waals surface area contributed by atoms with E-state index in [0.717, 1.165) is 25.3 Å². The highest BCUT2D eigenvalue weighted by Crippen LogP contribution is 2.39. The molecule has 5 heteroatoms. The Morgan fingerprint density at radius 2 is 1.74 bits per heavy atom. The molecule has 1 heterocycles. The van der Waals surface area contributed by atoms with Crippen molar-refractivity contribution in [2.45, 2.75) is 59.3 Å². The van der Waals surface area contributed by atoms with Crippen LogP contribution in [0.1, 0.15) is 59.3 Å². The fraction of sp³-hybridized carbons (Fsp3) is 0.944. The summed E-state index contributed by atoms with van der Waals surface area (Å²) >= 11 is 0. The summed E-state index contributed by atoms with van der Waals surface area (Å²) in [6.45, 7) is 9.58. The lowest BCUT2D eigenvalue weighted by Crippen LogP contribution is -2.50. The first kappa shape index (κ1) is 20.7. The Kier molecular flexibility index (Phi) is 7.82. The summed E-state index contributed by atoms with van der Waals surface area (Å²) in [4.78, 5) is 12.6. The van der Waals surface area contributed by atoms with Crippen LogP contribution in [-0.2, 0) is 9.53 Å².